The van der Waals surface area contributed by atoms with Crippen LogP contribution in [0, 0.1) is 52.3 Å². The van der Waals surface area contributed by atoms with Gasteiger partial charge in [0, 0.05) is 18.5 Å². The van der Waals surface area contributed by atoms with Crippen LogP contribution < -0.4 is 11.1 Å². The molecule has 0 aromatic carbocycles. The SMILES string of the molecule is CCCCCC(C)OC1CCC2(C)C(C1)CC(O)C1C2CC(O)C2(C)C(C(C)CCC(=O)NCCC(C)(N)CC(C)CC)CCC12. The van der Waals surface area contributed by atoms with Crippen LogP contribution in [0.2, 0.25) is 0 Å². The van der Waals surface area contributed by atoms with Crippen LogP contribution >= 0.6 is 0 Å². The Morgan fingerprint density at radius 1 is 1.02 bits per heavy atom. The molecule has 0 bridgehead atoms. The van der Waals surface area contributed by atoms with E-state index >= 15 is 0 Å². The van der Waals surface area contributed by atoms with Crippen molar-refractivity contribution in [2.24, 2.45) is 58.0 Å². The molecule has 4 fully saturated rings. The van der Waals surface area contributed by atoms with Crippen LogP contribution in [0.5, 0.6) is 0 Å². The van der Waals surface area contributed by atoms with E-state index < -0.39 is 0 Å². The monoisotopic (exact) mass is 647 g/mol. The lowest BCUT2D eigenvalue weighted by molar-refractivity contribution is -0.211. The minimum Gasteiger partial charge on any atom is -0.393 e. The second-order valence-corrected chi connectivity index (χ2v) is 17.9. The zero-order valence-corrected chi connectivity index (χ0v) is 31.2. The molecule has 0 heterocycles. The van der Waals surface area contributed by atoms with Crippen molar-refractivity contribution in [3.05, 3.63) is 0 Å². The summed E-state index contributed by atoms with van der Waals surface area (Å²) in [6.45, 7) is 18.8. The number of aliphatic hydroxyl groups is 2. The molecule has 268 valence electrons. The zero-order valence-electron chi connectivity index (χ0n) is 31.2. The smallest absolute Gasteiger partial charge is 0.220 e. The topological polar surface area (TPSA) is 105 Å². The lowest BCUT2D eigenvalue weighted by atomic mass is 9.43. The minimum absolute atomic E-state index is 0.117. The van der Waals surface area contributed by atoms with Gasteiger partial charge in [0.05, 0.1) is 24.4 Å². The quantitative estimate of drug-likeness (QED) is 0.127. The summed E-state index contributed by atoms with van der Waals surface area (Å²) in [5, 5.41) is 27.0. The normalized spacial score (nSPS) is 40.6. The second-order valence-electron chi connectivity index (χ2n) is 17.9. The lowest BCUT2D eigenvalue weighted by Gasteiger charge is -2.63. The lowest BCUT2D eigenvalue weighted by Crippen LogP contribution is -2.62. The summed E-state index contributed by atoms with van der Waals surface area (Å²) >= 11 is 0. The van der Waals surface area contributed by atoms with Crippen LogP contribution in [0.3, 0.4) is 0 Å². The van der Waals surface area contributed by atoms with Crippen molar-refractivity contribution < 1.29 is 19.7 Å². The average Bonchev–Trinajstić information content (AvgIpc) is 3.35. The van der Waals surface area contributed by atoms with Gasteiger partial charge in [-0.05, 0) is 137 Å². The maximum Gasteiger partial charge on any atom is 0.220 e. The van der Waals surface area contributed by atoms with E-state index in [1.54, 1.807) is 0 Å². The Kier molecular flexibility index (Phi) is 13.2. The largest absolute Gasteiger partial charge is 0.393 e. The maximum atomic E-state index is 12.9. The van der Waals surface area contributed by atoms with E-state index in [0.717, 1.165) is 77.0 Å². The van der Waals surface area contributed by atoms with E-state index in [1.807, 2.05) is 0 Å². The summed E-state index contributed by atoms with van der Waals surface area (Å²) in [6.07, 6.45) is 16.3. The Labute approximate surface area is 283 Å². The van der Waals surface area contributed by atoms with Gasteiger partial charge in [0.25, 0.3) is 0 Å². The number of hydrogen-bond donors (Lipinski definition) is 4. The number of amides is 1. The van der Waals surface area contributed by atoms with Crippen molar-refractivity contribution in [1.82, 2.24) is 5.32 Å². The van der Waals surface area contributed by atoms with Gasteiger partial charge in [-0.25, -0.2) is 0 Å². The Morgan fingerprint density at radius 3 is 2.46 bits per heavy atom. The third-order valence-electron chi connectivity index (χ3n) is 14.5. The number of nitrogens with two attached hydrogens (primary N) is 1. The van der Waals surface area contributed by atoms with E-state index in [0.29, 0.717) is 60.7 Å². The average molecular weight is 647 g/mol. The Hall–Kier alpha value is -0.690. The summed E-state index contributed by atoms with van der Waals surface area (Å²) in [5.41, 5.74) is 6.23. The summed E-state index contributed by atoms with van der Waals surface area (Å²) in [5.74, 6) is 2.88. The number of nitrogens with one attached hydrogen (secondary N) is 1. The third kappa shape index (κ3) is 8.36. The highest BCUT2D eigenvalue weighted by atomic mass is 16.5. The van der Waals surface area contributed by atoms with Crippen LogP contribution in [0.1, 0.15) is 158 Å². The van der Waals surface area contributed by atoms with E-state index in [-0.39, 0.29) is 40.4 Å². The Bertz CT molecular complexity index is 973. The van der Waals surface area contributed by atoms with Gasteiger partial charge in [0.2, 0.25) is 5.91 Å². The number of carbonyl (C=O) groups excluding carboxylic acids is 1. The van der Waals surface area contributed by atoms with Crippen molar-refractivity contribution in [1.29, 1.82) is 0 Å². The van der Waals surface area contributed by atoms with Crippen molar-refractivity contribution in [2.75, 3.05) is 6.54 Å². The number of aliphatic hydroxyl groups excluding tert-OH is 2. The number of rotatable bonds is 16. The fourth-order valence-electron chi connectivity index (χ4n) is 11.5. The highest BCUT2D eigenvalue weighted by molar-refractivity contribution is 5.75. The Balaban J connectivity index is 1.33. The molecule has 6 heteroatoms. The van der Waals surface area contributed by atoms with Gasteiger partial charge in [-0.3, -0.25) is 4.79 Å². The third-order valence-corrected chi connectivity index (χ3v) is 14.5. The number of fused-ring (bicyclic) bond motifs is 5. The number of carbonyl (C=O) groups is 1. The van der Waals surface area contributed by atoms with Crippen LogP contribution in [0.15, 0.2) is 0 Å². The van der Waals surface area contributed by atoms with Crippen LogP contribution in [-0.2, 0) is 9.53 Å². The summed E-state index contributed by atoms with van der Waals surface area (Å²) < 4.78 is 6.58. The molecule has 1 amide bonds. The molecular formula is C40H74N2O4. The zero-order chi connectivity index (χ0) is 33.9. The van der Waals surface area contributed by atoms with Gasteiger partial charge in [-0.15, -0.1) is 0 Å². The van der Waals surface area contributed by atoms with E-state index in [9.17, 15) is 15.0 Å². The maximum absolute atomic E-state index is 12.9. The van der Waals surface area contributed by atoms with Gasteiger partial charge in [0.15, 0.2) is 0 Å². The Morgan fingerprint density at radius 2 is 1.76 bits per heavy atom. The molecule has 6 nitrogen and oxygen atoms in total. The van der Waals surface area contributed by atoms with Gasteiger partial charge in [0.1, 0.15) is 0 Å². The first-order valence-electron chi connectivity index (χ1n) is 19.7. The molecule has 0 spiro atoms. The summed E-state index contributed by atoms with van der Waals surface area (Å²) in [7, 11) is 0. The number of hydrogen-bond acceptors (Lipinski definition) is 5. The number of unbranched alkanes of at least 4 members (excludes halogenated alkanes) is 2. The molecule has 0 aliphatic heterocycles. The van der Waals surface area contributed by atoms with Gasteiger partial charge in [-0.2, -0.15) is 0 Å². The van der Waals surface area contributed by atoms with E-state index in [4.69, 9.17) is 10.5 Å². The summed E-state index contributed by atoms with van der Waals surface area (Å²) in [6, 6.07) is 0. The molecule has 14 atom stereocenters. The predicted molar refractivity (Wildman–Crippen MR) is 189 cm³/mol. The van der Waals surface area contributed by atoms with Gasteiger partial charge in [-0.1, -0.05) is 67.2 Å². The fraction of sp³-hybridized carbons (Fsp3) is 0.975. The molecule has 4 saturated carbocycles. The van der Waals surface area contributed by atoms with Crippen LogP contribution in [0.25, 0.3) is 0 Å². The minimum atomic E-state index is -0.356. The van der Waals surface area contributed by atoms with Crippen LogP contribution in [-0.4, -0.2) is 52.6 Å². The summed E-state index contributed by atoms with van der Waals surface area (Å²) in [4.78, 5) is 12.9. The molecule has 14 unspecified atom stereocenters. The number of ether oxygens (including phenoxy) is 1. The van der Waals surface area contributed by atoms with E-state index in [2.05, 4.69) is 60.7 Å². The van der Waals surface area contributed by atoms with Crippen molar-refractivity contribution in [3.63, 3.8) is 0 Å². The fourth-order valence-corrected chi connectivity index (χ4v) is 11.5. The van der Waals surface area contributed by atoms with Crippen molar-refractivity contribution in [2.45, 2.75) is 188 Å². The highest BCUT2D eigenvalue weighted by Crippen LogP contribution is 2.68. The molecule has 4 aliphatic rings. The molecule has 5 N–H and O–H groups in total. The second kappa shape index (κ2) is 15.9. The molecule has 0 aromatic heterocycles. The first-order valence-corrected chi connectivity index (χ1v) is 19.7. The van der Waals surface area contributed by atoms with Crippen molar-refractivity contribution >= 4 is 5.91 Å². The molecule has 0 radical (unpaired) electrons. The van der Waals surface area contributed by atoms with Crippen molar-refractivity contribution in [3.8, 4) is 0 Å². The molecule has 0 aromatic rings. The first kappa shape index (κ1) is 38.1. The standard InChI is InChI=1S/C40H74N2O4/c1-9-11-12-13-28(5)46-30-18-19-39(7)29(22-30)23-34(43)37-32-16-15-31(40(32,8)35(44)24-33(37)39)27(4)14-17-36(45)42-21-20-38(6,41)25-26(3)10-2/h26-35,37,43-44H,9-25,41H2,1-8H3,(H,42,45). The van der Waals surface area contributed by atoms with E-state index in [1.165, 1.54) is 19.3 Å². The molecule has 46 heavy (non-hydrogen) atoms. The van der Waals surface area contributed by atoms with Crippen LogP contribution in [0.4, 0.5) is 0 Å². The highest BCUT2D eigenvalue weighted by Gasteiger charge is 2.65. The molecule has 4 rings (SSSR count). The molecule has 4 aliphatic carbocycles. The van der Waals surface area contributed by atoms with Gasteiger partial charge < -0.3 is 26.0 Å². The first-order chi connectivity index (χ1) is 21.7. The van der Waals surface area contributed by atoms with Gasteiger partial charge >= 0.3 is 0 Å². The molecular weight excluding hydrogens is 572 g/mol. The molecule has 0 saturated heterocycles. The predicted octanol–water partition coefficient (Wildman–Crippen LogP) is 8.02.